The molecule has 118 valence electrons. The first-order chi connectivity index (χ1) is 10.4. The Morgan fingerprint density at radius 3 is 2.18 bits per heavy atom. The van der Waals surface area contributed by atoms with Crippen molar-refractivity contribution in [2.24, 2.45) is 5.92 Å². The molecule has 4 nitrogen and oxygen atoms in total. The molecule has 0 atom stereocenters. The predicted octanol–water partition coefficient (Wildman–Crippen LogP) is 2.44. The van der Waals surface area contributed by atoms with Crippen molar-refractivity contribution in [3.8, 4) is 0 Å². The van der Waals surface area contributed by atoms with Crippen molar-refractivity contribution >= 4 is 18.0 Å². The van der Waals surface area contributed by atoms with Crippen LogP contribution in [-0.4, -0.2) is 35.0 Å². The van der Waals surface area contributed by atoms with Gasteiger partial charge in [0.05, 0.1) is 5.92 Å². The first-order valence-electron chi connectivity index (χ1n) is 6.73. The summed E-state index contributed by atoms with van der Waals surface area (Å²) in [6.07, 6.45) is 3.06. The molecule has 1 saturated heterocycles. The molecule has 0 radical (unpaired) electrons. The monoisotopic (exact) mass is 313 g/mol. The van der Waals surface area contributed by atoms with Crippen molar-refractivity contribution in [3.05, 3.63) is 41.2 Å². The van der Waals surface area contributed by atoms with Gasteiger partial charge in [0.15, 0.2) is 17.5 Å². The van der Waals surface area contributed by atoms with Crippen molar-refractivity contribution in [2.75, 3.05) is 13.1 Å². The van der Waals surface area contributed by atoms with Gasteiger partial charge in [-0.1, -0.05) is 0 Å². The van der Waals surface area contributed by atoms with E-state index in [0.29, 0.717) is 25.9 Å². The molecule has 1 fully saturated rings. The molecule has 0 bridgehead atoms. The van der Waals surface area contributed by atoms with Crippen LogP contribution in [0.25, 0.3) is 6.08 Å². The third kappa shape index (κ3) is 3.66. The maximum atomic E-state index is 13.0. The molecule has 0 saturated carbocycles. The zero-order valence-corrected chi connectivity index (χ0v) is 11.6. The normalized spacial score (nSPS) is 16.2. The summed E-state index contributed by atoms with van der Waals surface area (Å²) in [6, 6.07) is 1.58. The summed E-state index contributed by atoms with van der Waals surface area (Å²) in [7, 11) is 0. The molecule has 0 aromatic heterocycles. The Morgan fingerprint density at radius 2 is 1.68 bits per heavy atom. The second-order valence-corrected chi connectivity index (χ2v) is 5.07. The smallest absolute Gasteiger partial charge is 0.306 e. The molecule has 0 spiro atoms. The molecule has 22 heavy (non-hydrogen) atoms. The van der Waals surface area contributed by atoms with E-state index in [9.17, 15) is 22.8 Å². The van der Waals surface area contributed by atoms with Crippen LogP contribution in [0, 0.1) is 23.4 Å². The van der Waals surface area contributed by atoms with Gasteiger partial charge in [-0.25, -0.2) is 13.2 Å². The fourth-order valence-corrected chi connectivity index (χ4v) is 2.29. The number of aliphatic carboxylic acids is 1. The molecule has 0 aliphatic carbocycles. The number of rotatable bonds is 3. The number of likely N-dealkylation sites (tertiary alicyclic amines) is 1. The van der Waals surface area contributed by atoms with Gasteiger partial charge in [0, 0.05) is 19.2 Å². The van der Waals surface area contributed by atoms with Gasteiger partial charge in [-0.15, -0.1) is 0 Å². The number of benzene rings is 1. The second kappa shape index (κ2) is 6.64. The lowest BCUT2D eigenvalue weighted by Gasteiger charge is -2.29. The molecule has 0 unspecified atom stereocenters. The summed E-state index contributed by atoms with van der Waals surface area (Å²) in [5.74, 6) is -5.91. The second-order valence-electron chi connectivity index (χ2n) is 5.07. The van der Waals surface area contributed by atoms with Gasteiger partial charge in [-0.2, -0.15) is 0 Å². The summed E-state index contributed by atoms with van der Waals surface area (Å²) in [5.41, 5.74) is 0.0326. The number of hydrogen-bond acceptors (Lipinski definition) is 2. The highest BCUT2D eigenvalue weighted by atomic mass is 19.2. The Labute approximate surface area is 124 Å². The van der Waals surface area contributed by atoms with Gasteiger partial charge < -0.3 is 10.0 Å². The number of halogens is 3. The fourth-order valence-electron chi connectivity index (χ4n) is 2.29. The van der Waals surface area contributed by atoms with E-state index in [1.165, 1.54) is 11.0 Å². The number of piperidine rings is 1. The Balaban J connectivity index is 1.99. The molecule has 1 amide bonds. The van der Waals surface area contributed by atoms with Gasteiger partial charge in [0.2, 0.25) is 5.91 Å². The highest BCUT2D eigenvalue weighted by Gasteiger charge is 2.25. The number of carbonyl (C=O) groups is 2. The van der Waals surface area contributed by atoms with E-state index in [4.69, 9.17) is 5.11 Å². The van der Waals surface area contributed by atoms with Crippen LogP contribution in [0.15, 0.2) is 18.2 Å². The largest absolute Gasteiger partial charge is 0.481 e. The van der Waals surface area contributed by atoms with Gasteiger partial charge in [-0.3, -0.25) is 9.59 Å². The average molecular weight is 313 g/mol. The number of carboxylic acid groups (broad SMARTS) is 1. The lowest BCUT2D eigenvalue weighted by Crippen LogP contribution is -2.39. The zero-order valence-electron chi connectivity index (χ0n) is 11.6. The van der Waals surface area contributed by atoms with Crippen molar-refractivity contribution in [1.29, 1.82) is 0 Å². The number of carbonyl (C=O) groups excluding carboxylic acids is 1. The number of amides is 1. The number of nitrogens with zero attached hydrogens (tertiary/aromatic N) is 1. The van der Waals surface area contributed by atoms with Gasteiger partial charge in [-0.05, 0) is 36.6 Å². The fraction of sp³-hybridized carbons (Fsp3) is 0.333. The van der Waals surface area contributed by atoms with Crippen molar-refractivity contribution in [3.63, 3.8) is 0 Å². The van der Waals surface area contributed by atoms with E-state index in [1.54, 1.807) is 0 Å². The van der Waals surface area contributed by atoms with Gasteiger partial charge >= 0.3 is 5.97 Å². The molecular weight excluding hydrogens is 299 g/mol. The Bertz CT molecular complexity index is 599. The van der Waals surface area contributed by atoms with Gasteiger partial charge in [0.1, 0.15) is 0 Å². The topological polar surface area (TPSA) is 57.6 Å². The van der Waals surface area contributed by atoms with Crippen molar-refractivity contribution in [2.45, 2.75) is 12.8 Å². The number of hydrogen-bond donors (Lipinski definition) is 1. The molecule has 2 rings (SSSR count). The molecule has 1 aromatic carbocycles. The van der Waals surface area contributed by atoms with Crippen LogP contribution in [0.2, 0.25) is 0 Å². The average Bonchev–Trinajstić information content (AvgIpc) is 2.50. The van der Waals surface area contributed by atoms with E-state index in [2.05, 4.69) is 0 Å². The van der Waals surface area contributed by atoms with Crippen LogP contribution < -0.4 is 0 Å². The Morgan fingerprint density at radius 1 is 1.14 bits per heavy atom. The molecule has 1 N–H and O–H groups in total. The van der Waals surface area contributed by atoms with E-state index in [-0.39, 0.29) is 11.5 Å². The summed E-state index contributed by atoms with van der Waals surface area (Å²) in [4.78, 5) is 24.2. The minimum Gasteiger partial charge on any atom is -0.481 e. The quantitative estimate of drug-likeness (QED) is 0.689. The SMILES string of the molecule is O=C(O)C1CCN(C(=O)C=Cc2cc(F)c(F)c(F)c2)CC1. The van der Waals surface area contributed by atoms with Crippen molar-refractivity contribution in [1.82, 2.24) is 4.90 Å². The van der Waals surface area contributed by atoms with Crippen LogP contribution in [0.1, 0.15) is 18.4 Å². The molecular formula is C15H14F3NO3. The van der Waals surface area contributed by atoms with E-state index in [1.807, 2.05) is 0 Å². The maximum Gasteiger partial charge on any atom is 0.306 e. The summed E-state index contributed by atoms with van der Waals surface area (Å²) in [6.45, 7) is 0.624. The van der Waals surface area contributed by atoms with Crippen LogP contribution in [0.4, 0.5) is 13.2 Å². The maximum absolute atomic E-state index is 13.0. The summed E-state index contributed by atoms with van der Waals surface area (Å²) in [5, 5.41) is 8.87. The van der Waals surface area contributed by atoms with Crippen LogP contribution in [0.3, 0.4) is 0 Å². The lowest BCUT2D eigenvalue weighted by atomic mass is 9.97. The molecule has 1 aromatic rings. The van der Waals surface area contributed by atoms with E-state index >= 15 is 0 Å². The molecule has 1 heterocycles. The minimum atomic E-state index is -1.56. The van der Waals surface area contributed by atoms with Crippen LogP contribution in [-0.2, 0) is 9.59 Å². The third-order valence-electron chi connectivity index (χ3n) is 3.58. The van der Waals surface area contributed by atoms with Crippen molar-refractivity contribution < 1.29 is 27.9 Å². The molecule has 1 aliphatic rings. The standard InChI is InChI=1S/C15H14F3NO3/c16-11-7-9(8-12(17)14(11)18)1-2-13(20)19-5-3-10(4-6-19)15(21)22/h1-2,7-8,10H,3-6H2,(H,21,22). The Hall–Kier alpha value is -2.31. The molecule has 7 heteroatoms. The molecule has 1 aliphatic heterocycles. The van der Waals surface area contributed by atoms with Gasteiger partial charge in [0.25, 0.3) is 0 Å². The van der Waals surface area contributed by atoms with Crippen LogP contribution in [0.5, 0.6) is 0 Å². The highest BCUT2D eigenvalue weighted by molar-refractivity contribution is 5.92. The minimum absolute atomic E-state index is 0.0326. The zero-order chi connectivity index (χ0) is 16.3. The lowest BCUT2D eigenvalue weighted by molar-refractivity contribution is -0.144. The number of carboxylic acids is 1. The Kier molecular flexibility index (Phi) is 4.85. The van der Waals surface area contributed by atoms with E-state index in [0.717, 1.165) is 18.2 Å². The first kappa shape index (κ1) is 16.1. The van der Waals surface area contributed by atoms with Crippen LogP contribution >= 0.6 is 0 Å². The summed E-state index contributed by atoms with van der Waals surface area (Å²) >= 11 is 0. The van der Waals surface area contributed by atoms with E-state index < -0.39 is 29.3 Å². The predicted molar refractivity (Wildman–Crippen MR) is 72.3 cm³/mol. The third-order valence-corrected chi connectivity index (χ3v) is 3.58. The highest BCUT2D eigenvalue weighted by Crippen LogP contribution is 2.18. The summed E-state index contributed by atoms with van der Waals surface area (Å²) < 4.78 is 38.9. The first-order valence-corrected chi connectivity index (χ1v) is 6.73.